The lowest BCUT2D eigenvalue weighted by molar-refractivity contribution is 1.74. The average Bonchev–Trinajstić information content (AvgIpc) is 2.28. The van der Waals surface area contributed by atoms with Crippen molar-refractivity contribution in [2.24, 2.45) is 0 Å². The molecule has 0 atom stereocenters. The van der Waals surface area contributed by atoms with E-state index in [-0.39, 0.29) is 12.4 Å². The van der Waals surface area contributed by atoms with E-state index < -0.39 is 0 Å². The third-order valence-electron chi connectivity index (χ3n) is 2.77. The summed E-state index contributed by atoms with van der Waals surface area (Å²) in [6.45, 7) is 0. The highest BCUT2D eigenvalue weighted by molar-refractivity contribution is 6.08. The summed E-state index contributed by atoms with van der Waals surface area (Å²) in [6.07, 6.45) is 0. The zero-order chi connectivity index (χ0) is 10.3. The van der Waals surface area contributed by atoms with Crippen LogP contribution in [0.1, 0.15) is 0 Å². The maximum atomic E-state index is 5.77. The largest absolute Gasteiger partial charge is 0.399 e. The first-order valence-electron chi connectivity index (χ1n) is 5.01. The Morgan fingerprint density at radius 2 is 1.38 bits per heavy atom. The summed E-state index contributed by atoms with van der Waals surface area (Å²) in [7, 11) is 0. The first-order chi connectivity index (χ1) is 7.34. The molecular weight excluding hydrogens is 218 g/mol. The lowest BCUT2D eigenvalue weighted by Gasteiger charge is -2.04. The molecule has 0 fully saturated rings. The van der Waals surface area contributed by atoms with E-state index in [0.717, 1.165) is 5.69 Å². The Bertz CT molecular complexity index is 646. The first-order valence-corrected chi connectivity index (χ1v) is 5.01. The molecule has 2 heteroatoms. The molecule has 0 bridgehead atoms. The van der Waals surface area contributed by atoms with E-state index >= 15 is 0 Å². The molecule has 16 heavy (non-hydrogen) atoms. The van der Waals surface area contributed by atoms with Crippen LogP contribution in [-0.4, -0.2) is 0 Å². The third-order valence-corrected chi connectivity index (χ3v) is 2.77. The standard InChI is InChI=1S/C14H11N.ClH/c15-12-7-8-14-11(9-12)6-5-10-3-1-2-4-13(10)14;/h1-9H,15H2;1H. The predicted molar refractivity (Wildman–Crippen MR) is 73.1 cm³/mol. The zero-order valence-corrected chi connectivity index (χ0v) is 9.50. The van der Waals surface area contributed by atoms with Crippen LogP contribution in [0.3, 0.4) is 0 Å². The smallest absolute Gasteiger partial charge is 0.0320 e. The topological polar surface area (TPSA) is 26.0 Å². The Morgan fingerprint density at radius 3 is 2.25 bits per heavy atom. The number of nitrogens with two attached hydrogens (primary N) is 1. The molecule has 1 nitrogen and oxygen atoms in total. The van der Waals surface area contributed by atoms with Gasteiger partial charge in [0, 0.05) is 5.69 Å². The monoisotopic (exact) mass is 229 g/mol. The number of nitrogen functional groups attached to an aromatic ring is 1. The van der Waals surface area contributed by atoms with Crippen LogP contribution in [0, 0.1) is 0 Å². The Kier molecular flexibility index (Phi) is 2.71. The number of hydrogen-bond acceptors (Lipinski definition) is 1. The second-order valence-electron chi connectivity index (χ2n) is 3.77. The van der Waals surface area contributed by atoms with E-state index in [0.29, 0.717) is 0 Å². The Hall–Kier alpha value is -1.73. The second kappa shape index (κ2) is 4.03. The molecule has 0 saturated carbocycles. The Balaban J connectivity index is 0.000000963. The lowest BCUT2D eigenvalue weighted by atomic mass is 10.0. The van der Waals surface area contributed by atoms with Gasteiger partial charge in [-0.25, -0.2) is 0 Å². The van der Waals surface area contributed by atoms with Crippen molar-refractivity contribution in [2.45, 2.75) is 0 Å². The van der Waals surface area contributed by atoms with Crippen LogP contribution >= 0.6 is 12.4 Å². The number of anilines is 1. The van der Waals surface area contributed by atoms with Gasteiger partial charge in [-0.15, -0.1) is 12.4 Å². The number of fused-ring (bicyclic) bond motifs is 3. The molecule has 0 amide bonds. The summed E-state index contributed by atoms with van der Waals surface area (Å²) < 4.78 is 0. The SMILES string of the molecule is Cl.Nc1ccc2c(ccc3ccccc32)c1. The van der Waals surface area contributed by atoms with Gasteiger partial charge in [0.05, 0.1) is 0 Å². The summed E-state index contributed by atoms with van der Waals surface area (Å²) in [4.78, 5) is 0. The molecule has 3 aromatic carbocycles. The normalized spacial score (nSPS) is 10.2. The molecule has 0 aliphatic heterocycles. The summed E-state index contributed by atoms with van der Waals surface area (Å²) >= 11 is 0. The van der Waals surface area contributed by atoms with Gasteiger partial charge < -0.3 is 5.73 Å². The molecule has 0 aliphatic rings. The van der Waals surface area contributed by atoms with E-state index in [1.807, 2.05) is 12.1 Å². The third kappa shape index (κ3) is 1.59. The number of rotatable bonds is 0. The minimum atomic E-state index is 0. The minimum Gasteiger partial charge on any atom is -0.399 e. The van der Waals surface area contributed by atoms with Crippen molar-refractivity contribution < 1.29 is 0 Å². The van der Waals surface area contributed by atoms with Gasteiger partial charge in [-0.05, 0) is 33.7 Å². The van der Waals surface area contributed by atoms with Crippen molar-refractivity contribution in [1.82, 2.24) is 0 Å². The molecule has 3 aromatic rings. The van der Waals surface area contributed by atoms with E-state index in [2.05, 4.69) is 42.5 Å². The quantitative estimate of drug-likeness (QED) is 0.458. The molecule has 2 N–H and O–H groups in total. The minimum absolute atomic E-state index is 0. The summed E-state index contributed by atoms with van der Waals surface area (Å²) in [5.74, 6) is 0. The molecule has 0 saturated heterocycles. The maximum absolute atomic E-state index is 5.77. The molecule has 80 valence electrons. The van der Waals surface area contributed by atoms with Crippen LogP contribution in [0.4, 0.5) is 5.69 Å². The molecule has 3 rings (SSSR count). The fourth-order valence-electron chi connectivity index (χ4n) is 2.03. The van der Waals surface area contributed by atoms with E-state index in [9.17, 15) is 0 Å². The highest BCUT2D eigenvalue weighted by Crippen LogP contribution is 2.26. The molecule has 0 aliphatic carbocycles. The zero-order valence-electron chi connectivity index (χ0n) is 8.68. The van der Waals surface area contributed by atoms with Crippen LogP contribution in [-0.2, 0) is 0 Å². The van der Waals surface area contributed by atoms with Crippen LogP contribution in [0.5, 0.6) is 0 Å². The van der Waals surface area contributed by atoms with Crippen LogP contribution in [0.25, 0.3) is 21.5 Å². The van der Waals surface area contributed by atoms with Gasteiger partial charge in [0.1, 0.15) is 0 Å². The molecule has 0 radical (unpaired) electrons. The van der Waals surface area contributed by atoms with Crippen LogP contribution in [0.15, 0.2) is 54.6 Å². The maximum Gasteiger partial charge on any atom is 0.0320 e. The first kappa shape index (κ1) is 10.8. The summed E-state index contributed by atoms with van der Waals surface area (Å²) in [5, 5.41) is 5.03. The molecule has 0 aromatic heterocycles. The summed E-state index contributed by atoms with van der Waals surface area (Å²) in [6, 6.07) is 18.7. The van der Waals surface area contributed by atoms with Crippen molar-refractivity contribution in [3.8, 4) is 0 Å². The summed E-state index contributed by atoms with van der Waals surface area (Å²) in [5.41, 5.74) is 6.59. The van der Waals surface area contributed by atoms with Gasteiger partial charge in [0.25, 0.3) is 0 Å². The van der Waals surface area contributed by atoms with Crippen LogP contribution in [0.2, 0.25) is 0 Å². The predicted octanol–water partition coefficient (Wildman–Crippen LogP) is 4.00. The van der Waals surface area contributed by atoms with Gasteiger partial charge in [-0.3, -0.25) is 0 Å². The lowest BCUT2D eigenvalue weighted by Crippen LogP contribution is -1.84. The number of hydrogen-bond donors (Lipinski definition) is 1. The van der Waals surface area contributed by atoms with Crippen LogP contribution < -0.4 is 5.73 Å². The molecule has 0 spiro atoms. The number of benzene rings is 3. The van der Waals surface area contributed by atoms with Crippen molar-refractivity contribution in [3.05, 3.63) is 54.6 Å². The van der Waals surface area contributed by atoms with Crippen molar-refractivity contribution in [2.75, 3.05) is 5.73 Å². The van der Waals surface area contributed by atoms with Crippen molar-refractivity contribution in [3.63, 3.8) is 0 Å². The average molecular weight is 230 g/mol. The van der Waals surface area contributed by atoms with Gasteiger partial charge in [-0.1, -0.05) is 42.5 Å². The molecular formula is C14H12ClN. The van der Waals surface area contributed by atoms with E-state index in [1.54, 1.807) is 0 Å². The fraction of sp³-hybridized carbons (Fsp3) is 0. The van der Waals surface area contributed by atoms with Gasteiger partial charge in [0.2, 0.25) is 0 Å². The van der Waals surface area contributed by atoms with E-state index in [1.165, 1.54) is 21.5 Å². The Morgan fingerprint density at radius 1 is 0.688 bits per heavy atom. The molecule has 0 heterocycles. The number of halogens is 1. The van der Waals surface area contributed by atoms with Gasteiger partial charge in [0.15, 0.2) is 0 Å². The molecule has 0 unspecified atom stereocenters. The second-order valence-corrected chi connectivity index (χ2v) is 3.77. The highest BCUT2D eigenvalue weighted by Gasteiger charge is 1.99. The van der Waals surface area contributed by atoms with Gasteiger partial charge in [-0.2, -0.15) is 0 Å². The highest BCUT2D eigenvalue weighted by atomic mass is 35.5. The fourth-order valence-corrected chi connectivity index (χ4v) is 2.03. The van der Waals surface area contributed by atoms with Crippen molar-refractivity contribution in [1.29, 1.82) is 0 Å². The Labute approximate surface area is 100 Å². The van der Waals surface area contributed by atoms with Gasteiger partial charge >= 0.3 is 0 Å². The van der Waals surface area contributed by atoms with Crippen molar-refractivity contribution >= 4 is 39.6 Å². The van der Waals surface area contributed by atoms with E-state index in [4.69, 9.17) is 5.73 Å².